The molecule has 0 aliphatic rings. The number of nitrogen functional groups attached to an aromatic ring is 1. The molecule has 0 aromatic heterocycles. The molecule has 1 aromatic carbocycles. The number of anilines is 1. The van der Waals surface area contributed by atoms with Crippen molar-refractivity contribution in [3.8, 4) is 0 Å². The van der Waals surface area contributed by atoms with Crippen molar-refractivity contribution in [3.05, 3.63) is 28.3 Å². The standard InChI is InChI=1S/C11H17N3O4S2/c1-3-9(7-19-2)13-20(17,18)11-5-4-8(12)6-10(11)14(15)16/h4-6,9,13H,3,7,12H2,1-2H3. The zero-order valence-corrected chi connectivity index (χ0v) is 12.8. The van der Waals surface area contributed by atoms with Gasteiger partial charge < -0.3 is 5.73 Å². The van der Waals surface area contributed by atoms with Gasteiger partial charge in [-0.25, -0.2) is 13.1 Å². The Labute approximate surface area is 122 Å². The third-order valence-corrected chi connectivity index (χ3v) is 4.96. The fourth-order valence-electron chi connectivity index (χ4n) is 1.62. The maximum absolute atomic E-state index is 12.2. The average Bonchev–Trinajstić information content (AvgIpc) is 2.37. The van der Waals surface area contributed by atoms with Gasteiger partial charge in [-0.3, -0.25) is 10.1 Å². The topological polar surface area (TPSA) is 115 Å². The Morgan fingerprint density at radius 3 is 2.65 bits per heavy atom. The van der Waals surface area contributed by atoms with Crippen molar-refractivity contribution in [1.29, 1.82) is 0 Å². The Balaban J connectivity index is 3.18. The Kier molecular flexibility index (Phi) is 5.78. The van der Waals surface area contributed by atoms with Gasteiger partial charge in [0.2, 0.25) is 10.0 Å². The van der Waals surface area contributed by atoms with E-state index in [2.05, 4.69) is 4.72 Å². The van der Waals surface area contributed by atoms with Crippen LogP contribution in [0.3, 0.4) is 0 Å². The van der Waals surface area contributed by atoms with Crippen LogP contribution in [0.4, 0.5) is 11.4 Å². The molecule has 0 fully saturated rings. The van der Waals surface area contributed by atoms with Crippen LogP contribution in [-0.4, -0.2) is 31.4 Å². The normalized spacial score (nSPS) is 13.1. The van der Waals surface area contributed by atoms with E-state index < -0.39 is 20.6 Å². The minimum atomic E-state index is -3.95. The summed E-state index contributed by atoms with van der Waals surface area (Å²) in [6.07, 6.45) is 2.46. The number of hydrogen-bond acceptors (Lipinski definition) is 6. The lowest BCUT2D eigenvalue weighted by Gasteiger charge is -2.16. The average molecular weight is 319 g/mol. The monoisotopic (exact) mass is 319 g/mol. The predicted octanol–water partition coefficient (Wildman–Crippen LogP) is 1.60. The first-order valence-corrected chi connectivity index (χ1v) is 8.74. The Bertz CT molecular complexity index is 589. The van der Waals surface area contributed by atoms with Gasteiger partial charge in [0.1, 0.15) is 0 Å². The lowest BCUT2D eigenvalue weighted by Crippen LogP contribution is -2.36. The number of benzene rings is 1. The SMILES string of the molecule is CCC(CSC)NS(=O)(=O)c1ccc(N)cc1[N+](=O)[O-]. The van der Waals surface area contributed by atoms with Crippen molar-refractivity contribution in [2.45, 2.75) is 24.3 Å². The van der Waals surface area contributed by atoms with Crippen molar-refractivity contribution in [1.82, 2.24) is 4.72 Å². The van der Waals surface area contributed by atoms with E-state index in [1.165, 1.54) is 17.8 Å². The molecule has 7 nitrogen and oxygen atoms in total. The molecule has 3 N–H and O–H groups in total. The molecule has 0 radical (unpaired) electrons. The summed E-state index contributed by atoms with van der Waals surface area (Å²) in [5.41, 5.74) is 5.09. The molecule has 1 unspecified atom stereocenters. The number of nitrogens with two attached hydrogens (primary N) is 1. The van der Waals surface area contributed by atoms with Gasteiger partial charge in [-0.15, -0.1) is 0 Å². The van der Waals surface area contributed by atoms with E-state index >= 15 is 0 Å². The van der Waals surface area contributed by atoms with E-state index in [1.807, 2.05) is 13.2 Å². The summed E-state index contributed by atoms with van der Waals surface area (Å²) in [4.78, 5) is 9.84. The van der Waals surface area contributed by atoms with Crippen LogP contribution in [0.1, 0.15) is 13.3 Å². The number of hydrogen-bond donors (Lipinski definition) is 2. The molecule has 9 heteroatoms. The predicted molar refractivity (Wildman–Crippen MR) is 80.3 cm³/mol. The molecule has 0 saturated carbocycles. The van der Waals surface area contributed by atoms with Crippen LogP contribution in [0.25, 0.3) is 0 Å². The first-order chi connectivity index (χ1) is 9.31. The van der Waals surface area contributed by atoms with Crippen molar-refractivity contribution in [3.63, 3.8) is 0 Å². The molecule has 0 heterocycles. The number of nitro groups is 1. The maximum Gasteiger partial charge on any atom is 0.291 e. The van der Waals surface area contributed by atoms with Gasteiger partial charge >= 0.3 is 0 Å². The molecule has 0 bridgehead atoms. The maximum atomic E-state index is 12.2. The van der Waals surface area contributed by atoms with Gasteiger partial charge in [-0.05, 0) is 24.8 Å². The number of sulfonamides is 1. The van der Waals surface area contributed by atoms with Crippen LogP contribution < -0.4 is 10.5 Å². The van der Waals surface area contributed by atoms with Gasteiger partial charge in [-0.2, -0.15) is 11.8 Å². The van der Waals surface area contributed by atoms with Crippen molar-refractivity contribution in [2.75, 3.05) is 17.7 Å². The highest BCUT2D eigenvalue weighted by Gasteiger charge is 2.27. The highest BCUT2D eigenvalue weighted by Crippen LogP contribution is 2.26. The molecule has 20 heavy (non-hydrogen) atoms. The summed E-state index contributed by atoms with van der Waals surface area (Å²) in [6, 6.07) is 3.26. The zero-order valence-electron chi connectivity index (χ0n) is 11.2. The second kappa shape index (κ2) is 6.91. The summed E-state index contributed by atoms with van der Waals surface area (Å²) < 4.78 is 27.0. The molecule has 0 aliphatic carbocycles. The van der Waals surface area contributed by atoms with Gasteiger partial charge in [0.05, 0.1) is 4.92 Å². The number of thioether (sulfide) groups is 1. The fraction of sp³-hybridized carbons (Fsp3) is 0.455. The molecule has 112 valence electrons. The van der Waals surface area contributed by atoms with E-state index in [0.29, 0.717) is 12.2 Å². The molecule has 1 aromatic rings. The van der Waals surface area contributed by atoms with Crippen LogP contribution in [0.5, 0.6) is 0 Å². The molecule has 0 spiro atoms. The minimum Gasteiger partial charge on any atom is -0.399 e. The van der Waals surface area contributed by atoms with Gasteiger partial charge in [0.25, 0.3) is 5.69 Å². The molecule has 0 saturated heterocycles. The number of nitrogens with zero attached hydrogens (tertiary/aromatic N) is 1. The lowest BCUT2D eigenvalue weighted by atomic mass is 10.3. The number of nitrogens with one attached hydrogen (secondary N) is 1. The summed E-state index contributed by atoms with van der Waals surface area (Å²) in [7, 11) is -3.95. The van der Waals surface area contributed by atoms with Crippen LogP contribution >= 0.6 is 11.8 Å². The van der Waals surface area contributed by atoms with Crippen LogP contribution in [0.15, 0.2) is 23.1 Å². The largest absolute Gasteiger partial charge is 0.399 e. The van der Waals surface area contributed by atoms with E-state index in [1.54, 1.807) is 0 Å². The molecular formula is C11H17N3O4S2. The number of rotatable bonds is 7. The van der Waals surface area contributed by atoms with Crippen LogP contribution in [0.2, 0.25) is 0 Å². The minimum absolute atomic E-state index is 0.145. The molecular weight excluding hydrogens is 302 g/mol. The van der Waals surface area contributed by atoms with Crippen molar-refractivity contribution >= 4 is 33.2 Å². The van der Waals surface area contributed by atoms with Gasteiger partial charge in [0, 0.05) is 23.5 Å². The first kappa shape index (κ1) is 16.7. The number of nitro benzene ring substituents is 1. The third-order valence-electron chi connectivity index (χ3n) is 2.65. The first-order valence-electron chi connectivity index (χ1n) is 5.87. The zero-order chi connectivity index (χ0) is 15.3. The lowest BCUT2D eigenvalue weighted by molar-refractivity contribution is -0.387. The van der Waals surface area contributed by atoms with E-state index in [4.69, 9.17) is 5.73 Å². The van der Waals surface area contributed by atoms with Crippen molar-refractivity contribution < 1.29 is 13.3 Å². The highest BCUT2D eigenvalue weighted by molar-refractivity contribution is 7.98. The van der Waals surface area contributed by atoms with E-state index in [0.717, 1.165) is 12.1 Å². The Hall–Kier alpha value is -1.32. The fourth-order valence-corrected chi connectivity index (χ4v) is 3.92. The molecule has 1 atom stereocenters. The summed E-state index contributed by atoms with van der Waals surface area (Å²) in [6.45, 7) is 1.85. The second-order valence-corrected chi connectivity index (χ2v) is 6.76. The second-order valence-electron chi connectivity index (χ2n) is 4.17. The van der Waals surface area contributed by atoms with Crippen LogP contribution in [-0.2, 0) is 10.0 Å². The highest BCUT2D eigenvalue weighted by atomic mass is 32.2. The van der Waals surface area contributed by atoms with Crippen molar-refractivity contribution in [2.24, 2.45) is 0 Å². The Morgan fingerprint density at radius 2 is 2.15 bits per heavy atom. The molecule has 1 rings (SSSR count). The van der Waals surface area contributed by atoms with Crippen LogP contribution in [0, 0.1) is 10.1 Å². The van der Waals surface area contributed by atoms with Gasteiger partial charge in [0.15, 0.2) is 4.90 Å². The Morgan fingerprint density at radius 1 is 1.50 bits per heavy atom. The summed E-state index contributed by atoms with van der Waals surface area (Å²) in [5.74, 6) is 0.596. The van der Waals surface area contributed by atoms with Gasteiger partial charge in [-0.1, -0.05) is 6.92 Å². The van der Waals surface area contributed by atoms with E-state index in [9.17, 15) is 18.5 Å². The third kappa shape index (κ3) is 4.09. The summed E-state index contributed by atoms with van der Waals surface area (Å²) in [5, 5.41) is 11.0. The smallest absolute Gasteiger partial charge is 0.291 e. The van der Waals surface area contributed by atoms with E-state index in [-0.39, 0.29) is 16.6 Å². The summed E-state index contributed by atoms with van der Waals surface area (Å²) >= 11 is 1.50. The molecule has 0 amide bonds. The quantitative estimate of drug-likeness (QED) is 0.448. The molecule has 0 aliphatic heterocycles.